The van der Waals surface area contributed by atoms with Crippen molar-refractivity contribution in [3.05, 3.63) is 66.1 Å². The molecule has 0 spiro atoms. The maximum absolute atomic E-state index is 12.1. The van der Waals surface area contributed by atoms with Gasteiger partial charge < -0.3 is 10.2 Å². The lowest BCUT2D eigenvalue weighted by atomic mass is 10.1. The third-order valence-corrected chi connectivity index (χ3v) is 3.34. The van der Waals surface area contributed by atoms with E-state index < -0.39 is 0 Å². The summed E-state index contributed by atoms with van der Waals surface area (Å²) < 4.78 is 0. The summed E-state index contributed by atoms with van der Waals surface area (Å²) in [5.74, 6) is 0.635. The summed E-state index contributed by atoms with van der Waals surface area (Å²) in [7, 11) is 3.47. The van der Waals surface area contributed by atoms with E-state index in [1.165, 1.54) is 0 Å². The zero-order valence-corrected chi connectivity index (χ0v) is 14.4. The second-order valence-electron chi connectivity index (χ2n) is 5.60. The minimum Gasteiger partial charge on any atom is -0.345 e. The summed E-state index contributed by atoms with van der Waals surface area (Å²) in [5.41, 5.74) is 3.31. The first-order valence-corrected chi connectivity index (χ1v) is 7.71. The number of carbonyl (C=O) groups excluding carboxylic acids is 1. The monoisotopic (exact) mass is 322 g/mol. The fourth-order valence-corrected chi connectivity index (χ4v) is 2.12. The number of anilines is 1. The van der Waals surface area contributed by atoms with Gasteiger partial charge in [0.25, 0.3) is 5.91 Å². The molecule has 0 fully saturated rings. The molecule has 5 heteroatoms. The Bertz CT molecular complexity index is 761. The van der Waals surface area contributed by atoms with Gasteiger partial charge in [-0.1, -0.05) is 24.3 Å². The van der Waals surface area contributed by atoms with Crippen LogP contribution in [0.15, 0.2) is 60.6 Å². The van der Waals surface area contributed by atoms with Crippen LogP contribution in [0.3, 0.4) is 0 Å². The van der Waals surface area contributed by atoms with Gasteiger partial charge in [0, 0.05) is 31.4 Å². The van der Waals surface area contributed by atoms with E-state index in [0.717, 1.165) is 16.8 Å². The van der Waals surface area contributed by atoms with Crippen molar-refractivity contribution >= 4 is 11.7 Å². The number of hydrogen-bond donors (Lipinski definition) is 1. The van der Waals surface area contributed by atoms with Gasteiger partial charge in [0.15, 0.2) is 0 Å². The first-order valence-electron chi connectivity index (χ1n) is 7.71. The summed E-state index contributed by atoms with van der Waals surface area (Å²) in [5, 5.41) is 3.10. The van der Waals surface area contributed by atoms with Gasteiger partial charge in [-0.25, -0.2) is 4.98 Å². The summed E-state index contributed by atoms with van der Waals surface area (Å²) in [6.45, 7) is 3.98. The molecule has 0 aliphatic rings. The van der Waals surface area contributed by atoms with Crippen LogP contribution >= 0.6 is 0 Å². The zero-order chi connectivity index (χ0) is 17.5. The number of rotatable bonds is 5. The largest absolute Gasteiger partial charge is 0.345 e. The van der Waals surface area contributed by atoms with Crippen LogP contribution in [0.25, 0.3) is 11.3 Å². The van der Waals surface area contributed by atoms with Gasteiger partial charge >= 0.3 is 0 Å². The molecule has 5 nitrogen and oxygen atoms in total. The lowest BCUT2D eigenvalue weighted by Gasteiger charge is -2.11. The highest BCUT2D eigenvalue weighted by Crippen LogP contribution is 2.19. The van der Waals surface area contributed by atoms with Crippen LogP contribution < -0.4 is 5.32 Å². The molecule has 0 aliphatic heterocycles. The Hall–Kier alpha value is -2.95. The van der Waals surface area contributed by atoms with E-state index in [0.29, 0.717) is 11.4 Å². The van der Waals surface area contributed by atoms with Gasteiger partial charge in [-0.05, 0) is 31.6 Å². The quantitative estimate of drug-likeness (QED) is 0.852. The molecular formula is C19H22N4O. The first kappa shape index (κ1) is 17.4. The average Bonchev–Trinajstić information content (AvgIpc) is 2.60. The minimum atomic E-state index is -0.0345. The molecule has 24 heavy (non-hydrogen) atoms. The molecule has 2 aromatic rings. The molecule has 1 aromatic heterocycles. The Morgan fingerprint density at radius 3 is 2.62 bits per heavy atom. The molecule has 0 saturated heterocycles. The van der Waals surface area contributed by atoms with E-state index >= 15 is 0 Å². The molecule has 0 bridgehead atoms. The smallest absolute Gasteiger partial charge is 0.253 e. The van der Waals surface area contributed by atoms with Crippen LogP contribution in [0.2, 0.25) is 0 Å². The number of carbonyl (C=O) groups is 1. The van der Waals surface area contributed by atoms with Gasteiger partial charge in [0.2, 0.25) is 0 Å². The highest BCUT2D eigenvalue weighted by Gasteiger charge is 2.09. The number of aromatic nitrogens is 2. The molecule has 1 N–H and O–H groups in total. The fraction of sp³-hybridized carbons (Fsp3) is 0.211. The van der Waals surface area contributed by atoms with Gasteiger partial charge in [0.05, 0.1) is 18.1 Å². The molecule has 0 atom stereocenters. The standard InChI is InChI=1S/C19H22N4O/c1-5-7-14(2)11-21-18-13-20-17(12-22-18)15-8-6-9-16(10-15)19(24)23(3)4/h5-13H,1-4H3,(H,21,22)/b7-5+,14-11+. The Kier molecular flexibility index (Phi) is 5.84. The lowest BCUT2D eigenvalue weighted by Crippen LogP contribution is -2.21. The molecule has 1 amide bonds. The van der Waals surface area contributed by atoms with Crippen molar-refractivity contribution < 1.29 is 4.79 Å². The van der Waals surface area contributed by atoms with Crippen LogP contribution in [-0.2, 0) is 0 Å². The SMILES string of the molecule is C/C=C/C(C)=C/Nc1cnc(-c2cccc(C(=O)N(C)C)c2)cn1. The molecule has 0 saturated carbocycles. The summed E-state index contributed by atoms with van der Waals surface area (Å²) in [6.07, 6.45) is 9.22. The normalized spacial score (nSPS) is 11.6. The van der Waals surface area contributed by atoms with Gasteiger partial charge in [-0.15, -0.1) is 0 Å². The molecule has 1 heterocycles. The number of benzene rings is 1. The fourth-order valence-electron chi connectivity index (χ4n) is 2.12. The van der Waals surface area contributed by atoms with Crippen molar-refractivity contribution in [1.82, 2.24) is 14.9 Å². The predicted molar refractivity (Wildman–Crippen MR) is 97.7 cm³/mol. The molecule has 0 aliphatic carbocycles. The molecule has 0 radical (unpaired) electrons. The third kappa shape index (κ3) is 4.52. The number of hydrogen-bond acceptors (Lipinski definition) is 4. The van der Waals surface area contributed by atoms with E-state index in [2.05, 4.69) is 15.3 Å². The predicted octanol–water partition coefficient (Wildman–Crippen LogP) is 3.74. The second-order valence-corrected chi connectivity index (χ2v) is 5.60. The van der Waals surface area contributed by atoms with Crippen molar-refractivity contribution in [3.63, 3.8) is 0 Å². The Morgan fingerprint density at radius 2 is 2.00 bits per heavy atom. The maximum atomic E-state index is 12.1. The second kappa shape index (κ2) is 8.06. The van der Waals surface area contributed by atoms with Gasteiger partial charge in [-0.2, -0.15) is 0 Å². The van der Waals surface area contributed by atoms with Crippen molar-refractivity contribution in [3.8, 4) is 11.3 Å². The highest BCUT2D eigenvalue weighted by atomic mass is 16.2. The third-order valence-electron chi connectivity index (χ3n) is 3.34. The van der Waals surface area contributed by atoms with E-state index in [1.54, 1.807) is 37.5 Å². The molecule has 2 rings (SSSR count). The summed E-state index contributed by atoms with van der Waals surface area (Å²) in [4.78, 5) is 22.4. The van der Waals surface area contributed by atoms with Crippen molar-refractivity contribution in [1.29, 1.82) is 0 Å². The summed E-state index contributed by atoms with van der Waals surface area (Å²) >= 11 is 0. The van der Waals surface area contributed by atoms with Crippen molar-refractivity contribution in [2.24, 2.45) is 0 Å². The first-order chi connectivity index (χ1) is 11.5. The maximum Gasteiger partial charge on any atom is 0.253 e. The van der Waals surface area contributed by atoms with Crippen LogP contribution in [0.5, 0.6) is 0 Å². The van der Waals surface area contributed by atoms with E-state index in [1.807, 2.05) is 50.4 Å². The lowest BCUT2D eigenvalue weighted by molar-refractivity contribution is 0.0827. The number of amides is 1. The number of nitrogens with one attached hydrogen (secondary N) is 1. The van der Waals surface area contributed by atoms with Crippen LogP contribution in [0.1, 0.15) is 24.2 Å². The van der Waals surface area contributed by atoms with E-state index in [9.17, 15) is 4.79 Å². The number of nitrogens with zero attached hydrogens (tertiary/aromatic N) is 3. The molecule has 0 unspecified atom stereocenters. The summed E-state index contributed by atoms with van der Waals surface area (Å²) in [6, 6.07) is 7.39. The Morgan fingerprint density at radius 1 is 1.21 bits per heavy atom. The van der Waals surface area contributed by atoms with Gasteiger partial charge in [-0.3, -0.25) is 9.78 Å². The van der Waals surface area contributed by atoms with Crippen LogP contribution in [0.4, 0.5) is 5.82 Å². The van der Waals surface area contributed by atoms with Crippen LogP contribution in [-0.4, -0.2) is 34.9 Å². The minimum absolute atomic E-state index is 0.0345. The Balaban J connectivity index is 2.18. The van der Waals surface area contributed by atoms with E-state index in [4.69, 9.17) is 0 Å². The Labute approximate surface area is 142 Å². The van der Waals surface area contributed by atoms with Crippen molar-refractivity contribution in [2.45, 2.75) is 13.8 Å². The van der Waals surface area contributed by atoms with Crippen molar-refractivity contribution in [2.75, 3.05) is 19.4 Å². The number of allylic oxidation sites excluding steroid dienone is 3. The zero-order valence-electron chi connectivity index (χ0n) is 14.4. The molecule has 1 aromatic carbocycles. The van der Waals surface area contributed by atoms with Crippen LogP contribution in [0, 0.1) is 0 Å². The highest BCUT2D eigenvalue weighted by molar-refractivity contribution is 5.95. The van der Waals surface area contributed by atoms with Gasteiger partial charge in [0.1, 0.15) is 5.82 Å². The average molecular weight is 322 g/mol. The van der Waals surface area contributed by atoms with E-state index in [-0.39, 0.29) is 5.91 Å². The topological polar surface area (TPSA) is 58.1 Å². The molecule has 124 valence electrons. The molecular weight excluding hydrogens is 300 g/mol.